The molecule has 5 heteroatoms. The van der Waals surface area contributed by atoms with Crippen molar-refractivity contribution < 1.29 is 14.4 Å². The Morgan fingerprint density at radius 3 is 2.27 bits per heavy atom. The molecule has 3 heterocycles. The first-order chi connectivity index (χ1) is 17.7. The second-order valence-electron chi connectivity index (χ2n) is 11.4. The van der Waals surface area contributed by atoms with Gasteiger partial charge in [-0.2, -0.15) is 0 Å². The Morgan fingerprint density at radius 1 is 0.892 bits per heavy atom. The molecule has 3 aromatic carbocycles. The zero-order valence-corrected chi connectivity index (χ0v) is 21.5. The van der Waals surface area contributed by atoms with Gasteiger partial charge in [-0.05, 0) is 30.2 Å². The van der Waals surface area contributed by atoms with Gasteiger partial charge in [0, 0.05) is 27.9 Å². The smallest absolute Gasteiger partial charge is 0.238 e. The van der Waals surface area contributed by atoms with E-state index in [0.717, 1.165) is 22.4 Å². The summed E-state index contributed by atoms with van der Waals surface area (Å²) in [5.74, 6) is -1.38. The van der Waals surface area contributed by atoms with Gasteiger partial charge in [-0.15, -0.1) is 0 Å². The van der Waals surface area contributed by atoms with Crippen molar-refractivity contribution in [3.8, 4) is 0 Å². The van der Waals surface area contributed by atoms with Crippen LogP contribution in [-0.4, -0.2) is 29.6 Å². The third kappa shape index (κ3) is 3.13. The van der Waals surface area contributed by atoms with Gasteiger partial charge < -0.3 is 10.2 Å². The largest absolute Gasteiger partial charge is 0.352 e. The summed E-state index contributed by atoms with van der Waals surface area (Å²) in [6, 6.07) is 23.3. The van der Waals surface area contributed by atoms with E-state index in [9.17, 15) is 14.4 Å². The Hall–Kier alpha value is -3.99. The third-order valence-electron chi connectivity index (χ3n) is 8.23. The van der Waals surface area contributed by atoms with Gasteiger partial charge in [0.15, 0.2) is 11.6 Å². The van der Waals surface area contributed by atoms with E-state index in [0.29, 0.717) is 11.3 Å². The van der Waals surface area contributed by atoms with E-state index in [2.05, 4.69) is 16.3 Å². The van der Waals surface area contributed by atoms with Crippen molar-refractivity contribution >= 4 is 34.4 Å². The third-order valence-corrected chi connectivity index (χ3v) is 8.23. The van der Waals surface area contributed by atoms with Gasteiger partial charge in [-0.1, -0.05) is 93.6 Å². The summed E-state index contributed by atoms with van der Waals surface area (Å²) < 4.78 is 0. The first-order valence-electron chi connectivity index (χ1n) is 12.8. The lowest BCUT2D eigenvalue weighted by Crippen LogP contribution is -2.51. The molecule has 4 atom stereocenters. The van der Waals surface area contributed by atoms with Crippen molar-refractivity contribution in [2.24, 2.45) is 11.3 Å². The van der Waals surface area contributed by atoms with Crippen LogP contribution >= 0.6 is 0 Å². The maximum atomic E-state index is 14.6. The number of ketones is 2. The minimum atomic E-state index is -1.26. The van der Waals surface area contributed by atoms with Crippen molar-refractivity contribution in [1.29, 1.82) is 0 Å². The Kier molecular flexibility index (Phi) is 5.07. The summed E-state index contributed by atoms with van der Waals surface area (Å²) in [5, 5.41) is 3.08. The number of carbonyl (C=O) groups excluding carboxylic acids is 3. The highest BCUT2D eigenvalue weighted by molar-refractivity contribution is 6.17. The number of para-hydroxylation sites is 2. The number of nitrogens with zero attached hydrogens (tertiary/aromatic N) is 1. The molecule has 1 spiro atoms. The normalized spacial score (nSPS) is 25.7. The van der Waals surface area contributed by atoms with E-state index >= 15 is 0 Å². The molecule has 186 valence electrons. The Morgan fingerprint density at radius 2 is 1.54 bits per heavy atom. The fraction of sp³-hybridized carbons (Fsp3) is 0.281. The number of carbonyl (C=O) groups is 3. The molecule has 0 aromatic heterocycles. The predicted molar refractivity (Wildman–Crippen MR) is 146 cm³/mol. The van der Waals surface area contributed by atoms with Gasteiger partial charge in [0.2, 0.25) is 5.91 Å². The van der Waals surface area contributed by atoms with Gasteiger partial charge in [-0.25, -0.2) is 0 Å². The summed E-state index contributed by atoms with van der Waals surface area (Å²) in [7, 11) is 0. The highest BCUT2D eigenvalue weighted by Crippen LogP contribution is 2.59. The number of rotatable bonds is 3. The molecule has 1 amide bonds. The Labute approximate surface area is 217 Å². The van der Waals surface area contributed by atoms with Gasteiger partial charge in [-0.3, -0.25) is 14.4 Å². The zero-order chi connectivity index (χ0) is 26.1. The molecule has 0 radical (unpaired) electrons. The van der Waals surface area contributed by atoms with E-state index < -0.39 is 28.8 Å². The second kappa shape index (κ2) is 8.01. The standard InChI is InChI=1S/C32H30N2O3/c1-19-18-25-32(22-15-9-10-16-23(22)33-30(32)37)26(28(35)20-12-6-5-7-13-20)27(29(36)31(2,3)4)34(25)24-17-11-8-14-21(19)24/h5-18,25-27H,1-4H3,(H,33,37)/t25-,26-,27+,32-/m0/s1. The number of allylic oxidation sites excluding steroid dienone is 1. The molecule has 0 saturated carbocycles. The number of anilines is 2. The molecule has 6 rings (SSSR count). The first kappa shape index (κ1) is 23.4. The molecular formula is C32H30N2O3. The highest BCUT2D eigenvalue weighted by atomic mass is 16.2. The van der Waals surface area contributed by atoms with E-state index in [4.69, 9.17) is 0 Å². The second-order valence-corrected chi connectivity index (χ2v) is 11.4. The van der Waals surface area contributed by atoms with Gasteiger partial charge in [0.05, 0.1) is 12.0 Å². The topological polar surface area (TPSA) is 66.5 Å². The monoisotopic (exact) mass is 490 g/mol. The van der Waals surface area contributed by atoms with Crippen LogP contribution in [0.4, 0.5) is 11.4 Å². The van der Waals surface area contributed by atoms with Crippen molar-refractivity contribution in [1.82, 2.24) is 0 Å². The van der Waals surface area contributed by atoms with E-state index in [-0.39, 0.29) is 17.5 Å². The van der Waals surface area contributed by atoms with Crippen LogP contribution in [0, 0.1) is 11.3 Å². The fourth-order valence-electron chi connectivity index (χ4n) is 6.61. The zero-order valence-electron chi connectivity index (χ0n) is 21.5. The summed E-state index contributed by atoms with van der Waals surface area (Å²) >= 11 is 0. The van der Waals surface area contributed by atoms with Crippen molar-refractivity contribution in [2.75, 3.05) is 10.2 Å². The molecule has 3 aliphatic rings. The Bertz CT molecular complexity index is 1480. The maximum Gasteiger partial charge on any atom is 0.238 e. The van der Waals surface area contributed by atoms with E-state index in [1.165, 1.54) is 0 Å². The van der Waals surface area contributed by atoms with Crippen molar-refractivity contribution in [3.05, 3.63) is 102 Å². The molecule has 3 aliphatic heterocycles. The molecule has 0 bridgehead atoms. The van der Waals surface area contributed by atoms with E-state index in [1.54, 1.807) is 12.1 Å². The predicted octanol–water partition coefficient (Wildman–Crippen LogP) is 5.67. The Balaban J connectivity index is 1.71. The lowest BCUT2D eigenvalue weighted by molar-refractivity contribution is -0.128. The number of benzene rings is 3. The average molecular weight is 491 g/mol. The number of hydrogen-bond donors (Lipinski definition) is 1. The summed E-state index contributed by atoms with van der Waals surface area (Å²) in [6.07, 6.45) is 2.09. The molecule has 1 N–H and O–H groups in total. The fourth-order valence-corrected chi connectivity index (χ4v) is 6.61. The molecule has 37 heavy (non-hydrogen) atoms. The molecule has 1 saturated heterocycles. The summed E-state index contributed by atoms with van der Waals surface area (Å²) in [5.41, 5.74) is 2.92. The first-order valence-corrected chi connectivity index (χ1v) is 12.8. The highest BCUT2D eigenvalue weighted by Gasteiger charge is 2.71. The van der Waals surface area contributed by atoms with Crippen LogP contribution in [0.3, 0.4) is 0 Å². The van der Waals surface area contributed by atoms with Crippen LogP contribution in [0.15, 0.2) is 84.9 Å². The number of Topliss-reactive ketones (excluding diaryl/α,β-unsaturated/α-hetero) is 2. The lowest BCUT2D eigenvalue weighted by atomic mass is 9.63. The van der Waals surface area contributed by atoms with Gasteiger partial charge in [0.1, 0.15) is 11.5 Å². The number of nitrogens with one attached hydrogen (secondary N) is 1. The SMILES string of the molecule is CC1=C[C@@H]2N(c3ccccc31)[C@@H](C(=O)C(C)(C)C)[C@@H](C(=O)c1ccccc1)[C@@]21C(=O)Nc2ccccc21. The van der Waals surface area contributed by atoms with Crippen molar-refractivity contribution in [2.45, 2.75) is 45.2 Å². The van der Waals surface area contributed by atoms with Gasteiger partial charge in [0.25, 0.3) is 0 Å². The molecule has 3 aromatic rings. The molecule has 1 fully saturated rings. The average Bonchev–Trinajstić information content (AvgIpc) is 3.36. The van der Waals surface area contributed by atoms with Crippen molar-refractivity contribution in [3.63, 3.8) is 0 Å². The number of amides is 1. The van der Waals surface area contributed by atoms with Crippen LogP contribution in [0.2, 0.25) is 0 Å². The maximum absolute atomic E-state index is 14.6. The summed E-state index contributed by atoms with van der Waals surface area (Å²) in [4.78, 5) is 45.3. The van der Waals surface area contributed by atoms with Crippen LogP contribution in [0.1, 0.15) is 49.2 Å². The van der Waals surface area contributed by atoms with E-state index in [1.807, 2.05) is 94.4 Å². The quantitative estimate of drug-likeness (QED) is 0.481. The minimum absolute atomic E-state index is 0.0522. The van der Waals surface area contributed by atoms with Crippen LogP contribution in [0.5, 0.6) is 0 Å². The lowest BCUT2D eigenvalue weighted by Gasteiger charge is -2.39. The number of hydrogen-bond acceptors (Lipinski definition) is 4. The molecule has 5 nitrogen and oxygen atoms in total. The molecule has 0 aliphatic carbocycles. The molecule has 0 unspecified atom stereocenters. The van der Waals surface area contributed by atoms with Crippen LogP contribution < -0.4 is 10.2 Å². The number of fused-ring (bicyclic) bond motifs is 6. The van der Waals surface area contributed by atoms with Gasteiger partial charge >= 0.3 is 0 Å². The van der Waals surface area contributed by atoms with Crippen LogP contribution in [0.25, 0.3) is 5.57 Å². The van der Waals surface area contributed by atoms with Crippen LogP contribution in [-0.2, 0) is 15.0 Å². The molecular weight excluding hydrogens is 460 g/mol. The summed E-state index contributed by atoms with van der Waals surface area (Å²) in [6.45, 7) is 7.70. The minimum Gasteiger partial charge on any atom is -0.352 e.